The summed E-state index contributed by atoms with van der Waals surface area (Å²) in [5, 5.41) is 0.462. The molecule has 1 aromatic carbocycles. The Balaban J connectivity index is 1.98. The van der Waals surface area contributed by atoms with Crippen molar-refractivity contribution in [3.8, 4) is 0 Å². The lowest BCUT2D eigenvalue weighted by molar-refractivity contribution is 0.484. The highest BCUT2D eigenvalue weighted by molar-refractivity contribution is 5.78. The van der Waals surface area contributed by atoms with Crippen molar-refractivity contribution < 1.29 is 4.42 Å². The Labute approximate surface area is 161 Å². The van der Waals surface area contributed by atoms with E-state index in [4.69, 9.17) is 4.42 Å². The number of aryl methyl sites for hydroxylation is 3. The van der Waals surface area contributed by atoms with Crippen LogP contribution in [-0.4, -0.2) is 14.1 Å². The highest BCUT2D eigenvalue weighted by atomic mass is 16.3. The van der Waals surface area contributed by atoms with Crippen molar-refractivity contribution in [2.45, 2.75) is 33.9 Å². The van der Waals surface area contributed by atoms with Gasteiger partial charge < -0.3 is 4.42 Å². The van der Waals surface area contributed by atoms with E-state index in [9.17, 15) is 9.59 Å². The fraction of sp³-hybridized carbons (Fsp3) is 0.227. The van der Waals surface area contributed by atoms with Crippen LogP contribution in [-0.2, 0) is 13.1 Å². The van der Waals surface area contributed by atoms with Gasteiger partial charge in [-0.25, -0.2) is 9.78 Å². The van der Waals surface area contributed by atoms with E-state index in [1.165, 1.54) is 9.13 Å². The first-order valence-corrected chi connectivity index (χ1v) is 9.13. The molecule has 0 bridgehead atoms. The van der Waals surface area contributed by atoms with E-state index < -0.39 is 5.69 Å². The fourth-order valence-corrected chi connectivity index (χ4v) is 3.45. The molecule has 6 heteroatoms. The van der Waals surface area contributed by atoms with Gasteiger partial charge >= 0.3 is 5.69 Å². The van der Waals surface area contributed by atoms with Gasteiger partial charge in [-0.3, -0.25) is 13.9 Å². The van der Waals surface area contributed by atoms with Gasteiger partial charge in [0.15, 0.2) is 5.65 Å². The van der Waals surface area contributed by atoms with E-state index in [2.05, 4.69) is 4.98 Å². The normalized spacial score (nSPS) is 11.2. The van der Waals surface area contributed by atoms with Crippen LogP contribution in [0.2, 0.25) is 0 Å². The summed E-state index contributed by atoms with van der Waals surface area (Å²) in [5.41, 5.74) is 3.26. The molecule has 0 amide bonds. The second-order valence-corrected chi connectivity index (χ2v) is 7.10. The maximum atomic E-state index is 13.3. The zero-order chi connectivity index (χ0) is 19.8. The van der Waals surface area contributed by atoms with Crippen LogP contribution in [0.15, 0.2) is 62.7 Å². The highest BCUT2D eigenvalue weighted by Crippen LogP contribution is 2.15. The first-order valence-electron chi connectivity index (χ1n) is 9.13. The first-order chi connectivity index (χ1) is 13.4. The third-order valence-corrected chi connectivity index (χ3v) is 4.86. The van der Waals surface area contributed by atoms with E-state index in [0.29, 0.717) is 16.8 Å². The molecule has 142 valence electrons. The third kappa shape index (κ3) is 3.17. The molecular formula is C22H21N3O3. The van der Waals surface area contributed by atoms with Crippen molar-refractivity contribution in [2.75, 3.05) is 0 Å². The Morgan fingerprint density at radius 3 is 2.39 bits per heavy atom. The average molecular weight is 375 g/mol. The molecule has 4 rings (SSSR count). The molecule has 0 aliphatic carbocycles. The molecule has 0 aliphatic heterocycles. The minimum Gasteiger partial charge on any atom is -0.467 e. The predicted molar refractivity (Wildman–Crippen MR) is 108 cm³/mol. The number of aromatic nitrogens is 3. The Morgan fingerprint density at radius 2 is 1.71 bits per heavy atom. The lowest BCUT2D eigenvalue weighted by atomic mass is 10.1. The van der Waals surface area contributed by atoms with Crippen molar-refractivity contribution in [3.63, 3.8) is 0 Å². The summed E-state index contributed by atoms with van der Waals surface area (Å²) < 4.78 is 8.22. The van der Waals surface area contributed by atoms with Gasteiger partial charge in [0.05, 0.1) is 24.7 Å². The Kier molecular flexibility index (Phi) is 4.47. The van der Waals surface area contributed by atoms with E-state index in [1.807, 2.05) is 51.1 Å². The summed E-state index contributed by atoms with van der Waals surface area (Å²) in [6.45, 7) is 6.15. The molecule has 0 saturated carbocycles. The van der Waals surface area contributed by atoms with Crippen molar-refractivity contribution in [2.24, 2.45) is 0 Å². The van der Waals surface area contributed by atoms with E-state index >= 15 is 0 Å². The van der Waals surface area contributed by atoms with Gasteiger partial charge in [-0.1, -0.05) is 29.8 Å². The van der Waals surface area contributed by atoms with Crippen LogP contribution < -0.4 is 11.2 Å². The molecule has 0 spiro atoms. The topological polar surface area (TPSA) is 70.0 Å². The monoisotopic (exact) mass is 375 g/mol. The number of fused-ring (bicyclic) bond motifs is 1. The Morgan fingerprint density at radius 1 is 0.964 bits per heavy atom. The van der Waals surface area contributed by atoms with Gasteiger partial charge in [-0.2, -0.15) is 0 Å². The number of hydrogen-bond donors (Lipinski definition) is 0. The molecule has 6 nitrogen and oxygen atoms in total. The van der Waals surface area contributed by atoms with Crippen LogP contribution in [0, 0.1) is 20.8 Å². The average Bonchev–Trinajstić information content (AvgIpc) is 3.16. The van der Waals surface area contributed by atoms with E-state index in [0.717, 1.165) is 22.4 Å². The minimum absolute atomic E-state index is 0.208. The molecule has 0 N–H and O–H groups in total. The number of nitrogens with zero attached hydrogens (tertiary/aromatic N) is 3. The van der Waals surface area contributed by atoms with Gasteiger partial charge in [-0.05, 0) is 50.1 Å². The Hall–Kier alpha value is -3.41. The van der Waals surface area contributed by atoms with Gasteiger partial charge in [0.25, 0.3) is 5.56 Å². The molecular weight excluding hydrogens is 354 g/mol. The smallest absolute Gasteiger partial charge is 0.333 e. The zero-order valence-corrected chi connectivity index (χ0v) is 16.1. The number of hydrogen-bond acceptors (Lipinski definition) is 4. The molecule has 0 radical (unpaired) electrons. The number of benzene rings is 1. The second-order valence-electron chi connectivity index (χ2n) is 7.10. The second kappa shape index (κ2) is 6.96. The van der Waals surface area contributed by atoms with Crippen molar-refractivity contribution >= 4 is 11.0 Å². The largest absolute Gasteiger partial charge is 0.467 e. The SMILES string of the molecule is Cc1ccc(Cn2c(=O)c3c(C)cc(C)nc3n(Cc3ccco3)c2=O)cc1. The van der Waals surface area contributed by atoms with Crippen LogP contribution in [0.4, 0.5) is 0 Å². The molecule has 0 aliphatic rings. The summed E-state index contributed by atoms with van der Waals surface area (Å²) in [6, 6.07) is 13.2. The van der Waals surface area contributed by atoms with E-state index in [1.54, 1.807) is 18.4 Å². The molecule has 0 saturated heterocycles. The van der Waals surface area contributed by atoms with Crippen LogP contribution in [0.25, 0.3) is 11.0 Å². The van der Waals surface area contributed by atoms with Gasteiger partial charge in [-0.15, -0.1) is 0 Å². The van der Waals surface area contributed by atoms with Gasteiger partial charge in [0.2, 0.25) is 0 Å². The first kappa shape index (κ1) is 18.0. The van der Waals surface area contributed by atoms with Crippen LogP contribution in [0.5, 0.6) is 0 Å². The summed E-state index contributed by atoms with van der Waals surface area (Å²) in [5.74, 6) is 0.630. The van der Waals surface area contributed by atoms with Crippen molar-refractivity contribution in [1.29, 1.82) is 0 Å². The van der Waals surface area contributed by atoms with Crippen LogP contribution >= 0.6 is 0 Å². The lowest BCUT2D eigenvalue weighted by Crippen LogP contribution is -2.41. The maximum absolute atomic E-state index is 13.3. The zero-order valence-electron chi connectivity index (χ0n) is 16.1. The lowest BCUT2D eigenvalue weighted by Gasteiger charge is -2.14. The standard InChI is InChI=1S/C22H21N3O3/c1-14-6-8-17(9-7-14)12-25-21(26)19-15(2)11-16(3)23-20(19)24(22(25)27)13-18-5-4-10-28-18/h4-11H,12-13H2,1-3H3. The van der Waals surface area contributed by atoms with E-state index in [-0.39, 0.29) is 18.6 Å². The molecule has 0 atom stereocenters. The molecule has 4 aromatic rings. The molecule has 3 heterocycles. The van der Waals surface area contributed by atoms with Gasteiger partial charge in [0, 0.05) is 5.69 Å². The predicted octanol–water partition coefficient (Wildman–Crippen LogP) is 3.17. The highest BCUT2D eigenvalue weighted by Gasteiger charge is 2.17. The summed E-state index contributed by atoms with van der Waals surface area (Å²) >= 11 is 0. The summed E-state index contributed by atoms with van der Waals surface area (Å²) in [6.07, 6.45) is 1.56. The third-order valence-electron chi connectivity index (χ3n) is 4.86. The summed E-state index contributed by atoms with van der Waals surface area (Å²) in [4.78, 5) is 31.0. The number of pyridine rings is 1. The van der Waals surface area contributed by atoms with Crippen LogP contribution in [0.1, 0.15) is 28.1 Å². The minimum atomic E-state index is -0.396. The number of rotatable bonds is 4. The fourth-order valence-electron chi connectivity index (χ4n) is 3.45. The number of furan rings is 1. The van der Waals surface area contributed by atoms with Crippen LogP contribution in [0.3, 0.4) is 0 Å². The van der Waals surface area contributed by atoms with Crippen molar-refractivity contribution in [1.82, 2.24) is 14.1 Å². The molecule has 0 unspecified atom stereocenters. The van der Waals surface area contributed by atoms with Crippen molar-refractivity contribution in [3.05, 3.63) is 97.7 Å². The Bertz CT molecular complexity index is 1260. The molecule has 0 fully saturated rings. The molecule has 3 aromatic heterocycles. The molecule has 28 heavy (non-hydrogen) atoms. The van der Waals surface area contributed by atoms with Gasteiger partial charge in [0.1, 0.15) is 5.76 Å². The quantitative estimate of drug-likeness (QED) is 0.549. The maximum Gasteiger partial charge on any atom is 0.333 e. The summed E-state index contributed by atoms with van der Waals surface area (Å²) in [7, 11) is 0.